The molecule has 0 spiro atoms. The van der Waals surface area contributed by atoms with E-state index in [9.17, 15) is 15.2 Å². The molecule has 0 aliphatic rings. The number of aromatic amines is 1. The van der Waals surface area contributed by atoms with E-state index in [0.717, 1.165) is 5.56 Å². The van der Waals surface area contributed by atoms with E-state index in [1.165, 1.54) is 12.1 Å². The van der Waals surface area contributed by atoms with E-state index in [4.69, 9.17) is 0 Å². The van der Waals surface area contributed by atoms with Gasteiger partial charge < -0.3 is 10.1 Å². The van der Waals surface area contributed by atoms with Crippen LogP contribution in [0.5, 0.6) is 5.88 Å². The maximum absolute atomic E-state index is 11.0. The van der Waals surface area contributed by atoms with Gasteiger partial charge in [-0.3, -0.25) is 15.1 Å². The first-order chi connectivity index (χ1) is 10.6. The van der Waals surface area contributed by atoms with E-state index in [-0.39, 0.29) is 11.6 Å². The van der Waals surface area contributed by atoms with E-state index in [2.05, 4.69) is 9.98 Å². The summed E-state index contributed by atoms with van der Waals surface area (Å²) in [4.78, 5) is 17.6. The Balaban J connectivity index is 2.27. The number of fused-ring (bicyclic) bond motifs is 1. The Kier molecular flexibility index (Phi) is 3.34. The monoisotopic (exact) mass is 295 g/mol. The zero-order valence-corrected chi connectivity index (χ0v) is 11.8. The molecule has 0 aliphatic carbocycles. The Hall–Kier alpha value is -3.15. The normalized spacial score (nSPS) is 11.8. The van der Waals surface area contributed by atoms with Crippen LogP contribution in [0.4, 0.5) is 5.69 Å². The van der Waals surface area contributed by atoms with Crippen molar-refractivity contribution in [1.29, 1.82) is 0 Å². The summed E-state index contributed by atoms with van der Waals surface area (Å²) in [6, 6.07) is 13.8. The Morgan fingerprint density at radius 2 is 1.95 bits per heavy atom. The highest BCUT2D eigenvalue weighted by atomic mass is 16.6. The number of nitrogens with one attached hydrogen (secondary N) is 1. The number of benzene rings is 2. The molecule has 2 aromatic carbocycles. The van der Waals surface area contributed by atoms with Crippen molar-refractivity contribution in [1.82, 2.24) is 4.98 Å². The number of rotatable bonds is 3. The van der Waals surface area contributed by atoms with Crippen LogP contribution in [-0.2, 0) is 0 Å². The van der Waals surface area contributed by atoms with Crippen molar-refractivity contribution in [2.75, 3.05) is 7.05 Å². The minimum absolute atomic E-state index is 0.0312. The SMILES string of the molecule is CN=C(c1ccccc1)c1c(O)[nH]c2ccc([N+](=O)[O-])cc12. The van der Waals surface area contributed by atoms with Gasteiger partial charge in [0.25, 0.3) is 5.69 Å². The van der Waals surface area contributed by atoms with Crippen LogP contribution >= 0.6 is 0 Å². The number of aliphatic imine (C=N–C) groups is 1. The lowest BCUT2D eigenvalue weighted by atomic mass is 10.0. The Morgan fingerprint density at radius 3 is 2.59 bits per heavy atom. The van der Waals surface area contributed by atoms with Crippen LogP contribution in [0.2, 0.25) is 0 Å². The first-order valence-corrected chi connectivity index (χ1v) is 6.63. The zero-order chi connectivity index (χ0) is 15.7. The molecule has 0 bridgehead atoms. The van der Waals surface area contributed by atoms with E-state index in [1.807, 2.05) is 30.3 Å². The number of non-ortho nitro benzene ring substituents is 1. The molecule has 0 fully saturated rings. The summed E-state index contributed by atoms with van der Waals surface area (Å²) in [7, 11) is 1.62. The molecular weight excluding hydrogens is 282 g/mol. The van der Waals surface area contributed by atoms with Gasteiger partial charge in [0.1, 0.15) is 0 Å². The molecule has 0 amide bonds. The molecule has 0 radical (unpaired) electrons. The summed E-state index contributed by atoms with van der Waals surface area (Å²) in [5.41, 5.74) is 2.45. The quantitative estimate of drug-likeness (QED) is 0.441. The molecular formula is C16H13N3O3. The van der Waals surface area contributed by atoms with Crippen molar-refractivity contribution >= 4 is 22.3 Å². The summed E-state index contributed by atoms with van der Waals surface area (Å²) in [6.45, 7) is 0. The van der Waals surface area contributed by atoms with Crippen molar-refractivity contribution < 1.29 is 10.0 Å². The first-order valence-electron chi connectivity index (χ1n) is 6.63. The van der Waals surface area contributed by atoms with Gasteiger partial charge in [0.15, 0.2) is 5.88 Å². The maximum Gasteiger partial charge on any atom is 0.270 e. The van der Waals surface area contributed by atoms with E-state index in [1.54, 1.807) is 13.1 Å². The third kappa shape index (κ3) is 2.20. The molecule has 110 valence electrons. The predicted molar refractivity (Wildman–Crippen MR) is 84.6 cm³/mol. The van der Waals surface area contributed by atoms with Gasteiger partial charge >= 0.3 is 0 Å². The average Bonchev–Trinajstić information content (AvgIpc) is 2.85. The van der Waals surface area contributed by atoms with Gasteiger partial charge in [-0.25, -0.2) is 0 Å². The highest BCUT2D eigenvalue weighted by molar-refractivity contribution is 6.21. The summed E-state index contributed by atoms with van der Waals surface area (Å²) in [5, 5.41) is 21.8. The van der Waals surface area contributed by atoms with Crippen LogP contribution in [0.3, 0.4) is 0 Å². The van der Waals surface area contributed by atoms with Crippen molar-refractivity contribution in [3.05, 3.63) is 69.8 Å². The minimum Gasteiger partial charge on any atom is -0.494 e. The second kappa shape index (κ2) is 5.33. The second-order valence-corrected chi connectivity index (χ2v) is 4.77. The number of hydrogen-bond donors (Lipinski definition) is 2. The van der Waals surface area contributed by atoms with Crippen LogP contribution < -0.4 is 0 Å². The van der Waals surface area contributed by atoms with Crippen LogP contribution in [-0.4, -0.2) is 27.8 Å². The molecule has 1 aromatic heterocycles. The fourth-order valence-corrected chi connectivity index (χ4v) is 2.50. The minimum atomic E-state index is -0.460. The summed E-state index contributed by atoms with van der Waals surface area (Å²) < 4.78 is 0. The molecule has 0 aliphatic heterocycles. The predicted octanol–water partition coefficient (Wildman–Crippen LogP) is 3.25. The van der Waals surface area contributed by atoms with Crippen molar-refractivity contribution in [3.63, 3.8) is 0 Å². The smallest absolute Gasteiger partial charge is 0.270 e. The van der Waals surface area contributed by atoms with Gasteiger partial charge in [-0.05, 0) is 6.07 Å². The summed E-state index contributed by atoms with van der Waals surface area (Å²) in [6.07, 6.45) is 0. The molecule has 0 atom stereocenters. The molecule has 3 aromatic rings. The number of aromatic nitrogens is 1. The standard InChI is InChI=1S/C16H13N3O3/c1-17-15(10-5-3-2-4-6-10)14-12-9-11(19(21)22)7-8-13(12)18-16(14)20/h2-9,18,20H,1H3. The molecule has 6 nitrogen and oxygen atoms in total. The van der Waals surface area contributed by atoms with Crippen molar-refractivity contribution in [2.45, 2.75) is 0 Å². The molecule has 0 saturated carbocycles. The Morgan fingerprint density at radius 1 is 1.23 bits per heavy atom. The van der Waals surface area contributed by atoms with Crippen molar-refractivity contribution in [2.24, 2.45) is 4.99 Å². The second-order valence-electron chi connectivity index (χ2n) is 4.77. The number of nitro groups is 1. The van der Waals surface area contributed by atoms with E-state index >= 15 is 0 Å². The number of aromatic hydroxyl groups is 1. The lowest BCUT2D eigenvalue weighted by Crippen LogP contribution is -2.02. The highest BCUT2D eigenvalue weighted by Gasteiger charge is 2.19. The molecule has 6 heteroatoms. The van der Waals surface area contributed by atoms with Crippen LogP contribution in [0.1, 0.15) is 11.1 Å². The largest absolute Gasteiger partial charge is 0.494 e. The van der Waals surface area contributed by atoms with Crippen LogP contribution in [0.25, 0.3) is 10.9 Å². The average molecular weight is 295 g/mol. The Bertz CT molecular complexity index is 882. The third-order valence-electron chi connectivity index (χ3n) is 3.48. The van der Waals surface area contributed by atoms with Gasteiger partial charge in [0, 0.05) is 35.6 Å². The molecule has 1 heterocycles. The van der Waals surface area contributed by atoms with Crippen LogP contribution in [0.15, 0.2) is 53.5 Å². The van der Waals surface area contributed by atoms with E-state index in [0.29, 0.717) is 22.2 Å². The molecule has 3 rings (SSSR count). The van der Waals surface area contributed by atoms with Gasteiger partial charge in [-0.1, -0.05) is 30.3 Å². The molecule has 0 saturated heterocycles. The highest BCUT2D eigenvalue weighted by Crippen LogP contribution is 2.32. The number of nitrogens with zero attached hydrogens (tertiary/aromatic N) is 2. The van der Waals surface area contributed by atoms with E-state index < -0.39 is 4.92 Å². The zero-order valence-electron chi connectivity index (χ0n) is 11.8. The topological polar surface area (TPSA) is 91.5 Å². The number of hydrogen-bond acceptors (Lipinski definition) is 4. The first kappa shape index (κ1) is 13.8. The van der Waals surface area contributed by atoms with Gasteiger partial charge in [0.2, 0.25) is 0 Å². The maximum atomic E-state index is 11.0. The van der Waals surface area contributed by atoms with Crippen molar-refractivity contribution in [3.8, 4) is 5.88 Å². The lowest BCUT2D eigenvalue weighted by molar-refractivity contribution is -0.384. The lowest BCUT2D eigenvalue weighted by Gasteiger charge is -2.05. The van der Waals surface area contributed by atoms with Gasteiger partial charge in [-0.15, -0.1) is 0 Å². The molecule has 2 N–H and O–H groups in total. The molecule has 0 unspecified atom stereocenters. The number of H-pyrrole nitrogens is 1. The molecule has 22 heavy (non-hydrogen) atoms. The summed E-state index contributed by atoms with van der Waals surface area (Å²) in [5.74, 6) is -0.0556. The fourth-order valence-electron chi connectivity index (χ4n) is 2.50. The van der Waals surface area contributed by atoms with Gasteiger partial charge in [0.05, 0.1) is 16.2 Å². The fraction of sp³-hybridized carbons (Fsp3) is 0.0625. The summed E-state index contributed by atoms with van der Waals surface area (Å²) >= 11 is 0. The Labute approximate surface area is 125 Å². The van der Waals surface area contributed by atoms with Crippen LogP contribution in [0, 0.1) is 10.1 Å². The van der Waals surface area contributed by atoms with Gasteiger partial charge in [-0.2, -0.15) is 0 Å². The number of nitro benzene ring substituents is 1. The third-order valence-corrected chi connectivity index (χ3v) is 3.48.